The van der Waals surface area contributed by atoms with Gasteiger partial charge in [0.2, 0.25) is 5.82 Å². The van der Waals surface area contributed by atoms with E-state index in [1.807, 2.05) is 6.92 Å². The Balaban J connectivity index is 2.00. The van der Waals surface area contributed by atoms with Gasteiger partial charge in [-0.3, -0.25) is 4.79 Å². The molecule has 0 aliphatic carbocycles. The highest BCUT2D eigenvalue weighted by molar-refractivity contribution is 5.94. The zero-order valence-electron chi connectivity index (χ0n) is 10.5. The third-order valence-corrected chi connectivity index (χ3v) is 2.67. The molecule has 0 aliphatic heterocycles. The van der Waals surface area contributed by atoms with Gasteiger partial charge in [0.05, 0.1) is 0 Å². The Hall–Kier alpha value is -2.28. The van der Waals surface area contributed by atoms with Crippen LogP contribution in [0.15, 0.2) is 24.3 Å². The van der Waals surface area contributed by atoms with Crippen LogP contribution in [0.1, 0.15) is 17.3 Å². The molecule has 0 saturated carbocycles. The van der Waals surface area contributed by atoms with E-state index in [4.69, 9.17) is 5.11 Å². The molecule has 7 nitrogen and oxygen atoms in total. The van der Waals surface area contributed by atoms with Crippen molar-refractivity contribution in [1.82, 2.24) is 25.9 Å². The Kier molecular flexibility index (Phi) is 4.19. The molecule has 0 aliphatic rings. The lowest BCUT2D eigenvalue weighted by atomic mass is 10.1. The highest BCUT2D eigenvalue weighted by Crippen LogP contribution is 2.13. The van der Waals surface area contributed by atoms with E-state index in [2.05, 4.69) is 25.9 Å². The quantitative estimate of drug-likeness (QED) is 0.714. The van der Waals surface area contributed by atoms with Crippen LogP contribution in [0.2, 0.25) is 0 Å². The van der Waals surface area contributed by atoms with Crippen LogP contribution in [-0.2, 0) is 0 Å². The number of rotatable bonds is 5. The second-order valence-electron chi connectivity index (χ2n) is 4.31. The predicted octanol–water partition coefficient (Wildman–Crippen LogP) is 0.225. The Morgan fingerprint density at radius 2 is 2.16 bits per heavy atom. The predicted molar refractivity (Wildman–Crippen MR) is 68.2 cm³/mol. The summed E-state index contributed by atoms with van der Waals surface area (Å²) in [6, 6.07) is 6.92. The van der Waals surface area contributed by atoms with Crippen molar-refractivity contribution in [2.24, 2.45) is 5.92 Å². The molecule has 0 fully saturated rings. The minimum Gasteiger partial charge on any atom is -0.396 e. The van der Waals surface area contributed by atoms with Gasteiger partial charge in [0.15, 0.2) is 0 Å². The van der Waals surface area contributed by atoms with E-state index < -0.39 is 0 Å². The number of amides is 1. The van der Waals surface area contributed by atoms with Gasteiger partial charge in [-0.05, 0) is 23.3 Å². The monoisotopic (exact) mass is 261 g/mol. The summed E-state index contributed by atoms with van der Waals surface area (Å²) in [7, 11) is 0. The van der Waals surface area contributed by atoms with E-state index in [0.29, 0.717) is 17.9 Å². The van der Waals surface area contributed by atoms with E-state index in [0.717, 1.165) is 5.56 Å². The molecule has 3 N–H and O–H groups in total. The Morgan fingerprint density at radius 1 is 1.42 bits per heavy atom. The van der Waals surface area contributed by atoms with Gasteiger partial charge >= 0.3 is 0 Å². The maximum absolute atomic E-state index is 11.8. The molecule has 2 rings (SSSR count). The number of aliphatic hydroxyl groups is 1. The van der Waals surface area contributed by atoms with Crippen LogP contribution in [0, 0.1) is 5.92 Å². The molecule has 1 aromatic carbocycles. The number of aromatic nitrogens is 4. The van der Waals surface area contributed by atoms with Gasteiger partial charge in [-0.1, -0.05) is 19.1 Å². The van der Waals surface area contributed by atoms with Crippen LogP contribution >= 0.6 is 0 Å². The van der Waals surface area contributed by atoms with Crippen molar-refractivity contribution in [1.29, 1.82) is 0 Å². The van der Waals surface area contributed by atoms with Gasteiger partial charge < -0.3 is 10.4 Å². The van der Waals surface area contributed by atoms with E-state index in [-0.39, 0.29) is 18.4 Å². The van der Waals surface area contributed by atoms with Gasteiger partial charge in [0.25, 0.3) is 5.91 Å². The van der Waals surface area contributed by atoms with Gasteiger partial charge in [0.1, 0.15) is 0 Å². The van der Waals surface area contributed by atoms with Crippen LogP contribution in [0.5, 0.6) is 0 Å². The largest absolute Gasteiger partial charge is 0.396 e. The van der Waals surface area contributed by atoms with Crippen LogP contribution in [-0.4, -0.2) is 44.8 Å². The molecule has 0 bridgehead atoms. The van der Waals surface area contributed by atoms with Crippen molar-refractivity contribution in [3.8, 4) is 11.4 Å². The number of carbonyl (C=O) groups excluding carboxylic acids is 1. The van der Waals surface area contributed by atoms with Crippen molar-refractivity contribution in [3.05, 3.63) is 29.8 Å². The molecule has 1 unspecified atom stereocenters. The number of tetrazole rings is 1. The first-order valence-corrected chi connectivity index (χ1v) is 5.93. The average Bonchev–Trinajstić information content (AvgIpc) is 2.98. The van der Waals surface area contributed by atoms with E-state index in [9.17, 15) is 4.79 Å². The summed E-state index contributed by atoms with van der Waals surface area (Å²) < 4.78 is 0. The minimum atomic E-state index is -0.167. The average molecular weight is 261 g/mol. The maximum atomic E-state index is 11.8. The molecule has 0 saturated heterocycles. The highest BCUT2D eigenvalue weighted by Gasteiger charge is 2.08. The minimum absolute atomic E-state index is 0.0440. The van der Waals surface area contributed by atoms with Crippen molar-refractivity contribution < 1.29 is 9.90 Å². The molecular formula is C12H15N5O2. The first-order valence-electron chi connectivity index (χ1n) is 5.93. The lowest BCUT2D eigenvalue weighted by Gasteiger charge is -2.09. The Morgan fingerprint density at radius 3 is 2.74 bits per heavy atom. The standard InChI is InChI=1S/C12H15N5O2/c1-8(7-18)6-13-12(19)10-4-2-9(3-5-10)11-14-16-17-15-11/h2-5,8,18H,6-7H2,1H3,(H,13,19)(H,14,15,16,17). The van der Waals surface area contributed by atoms with Gasteiger partial charge in [-0.25, -0.2) is 0 Å². The second-order valence-corrected chi connectivity index (χ2v) is 4.31. The summed E-state index contributed by atoms with van der Waals surface area (Å²) in [5, 5.41) is 25.2. The topological polar surface area (TPSA) is 104 Å². The fourth-order valence-electron chi connectivity index (χ4n) is 1.49. The molecule has 100 valence electrons. The third-order valence-electron chi connectivity index (χ3n) is 2.67. The number of H-pyrrole nitrogens is 1. The number of nitrogens with one attached hydrogen (secondary N) is 2. The van der Waals surface area contributed by atoms with Crippen LogP contribution in [0.3, 0.4) is 0 Å². The van der Waals surface area contributed by atoms with Crippen molar-refractivity contribution in [3.63, 3.8) is 0 Å². The molecule has 2 aromatic rings. The molecule has 0 radical (unpaired) electrons. The molecule has 1 aromatic heterocycles. The summed E-state index contributed by atoms with van der Waals surface area (Å²) in [5.41, 5.74) is 1.34. The van der Waals surface area contributed by atoms with Crippen LogP contribution in [0.25, 0.3) is 11.4 Å². The molecule has 0 spiro atoms. The summed E-state index contributed by atoms with van der Waals surface area (Å²) in [4.78, 5) is 11.8. The molecule has 19 heavy (non-hydrogen) atoms. The van der Waals surface area contributed by atoms with Gasteiger partial charge in [0, 0.05) is 24.3 Å². The highest BCUT2D eigenvalue weighted by atomic mass is 16.3. The lowest BCUT2D eigenvalue weighted by Crippen LogP contribution is -2.29. The number of hydrogen-bond donors (Lipinski definition) is 3. The smallest absolute Gasteiger partial charge is 0.251 e. The number of benzene rings is 1. The summed E-state index contributed by atoms with van der Waals surface area (Å²) in [5.74, 6) is 0.364. The van der Waals surface area contributed by atoms with E-state index in [1.165, 1.54) is 0 Å². The van der Waals surface area contributed by atoms with Gasteiger partial charge in [-0.15, -0.1) is 10.2 Å². The first-order chi connectivity index (χ1) is 9.20. The fourth-order valence-corrected chi connectivity index (χ4v) is 1.49. The summed E-state index contributed by atoms with van der Waals surface area (Å²) in [6.45, 7) is 2.36. The van der Waals surface area contributed by atoms with E-state index >= 15 is 0 Å². The second kappa shape index (κ2) is 6.05. The SMILES string of the molecule is CC(CO)CNC(=O)c1ccc(-c2nn[nH]n2)cc1. The molecule has 7 heteroatoms. The third kappa shape index (κ3) is 3.35. The van der Waals surface area contributed by atoms with Crippen molar-refractivity contribution >= 4 is 5.91 Å². The maximum Gasteiger partial charge on any atom is 0.251 e. The molecule has 1 amide bonds. The summed E-state index contributed by atoms with van der Waals surface area (Å²) >= 11 is 0. The number of carbonyl (C=O) groups is 1. The number of aliphatic hydroxyl groups excluding tert-OH is 1. The van der Waals surface area contributed by atoms with E-state index in [1.54, 1.807) is 24.3 Å². The normalized spacial score (nSPS) is 12.1. The van der Waals surface area contributed by atoms with Crippen molar-refractivity contribution in [2.75, 3.05) is 13.2 Å². The molecule has 1 atom stereocenters. The summed E-state index contributed by atoms with van der Waals surface area (Å²) in [6.07, 6.45) is 0. The Labute approximate surface area is 110 Å². The number of hydrogen-bond acceptors (Lipinski definition) is 5. The Bertz CT molecular complexity index is 524. The van der Waals surface area contributed by atoms with Crippen LogP contribution < -0.4 is 5.32 Å². The molecule has 1 heterocycles. The number of nitrogens with zero attached hydrogens (tertiary/aromatic N) is 3. The molecular weight excluding hydrogens is 246 g/mol. The fraction of sp³-hybridized carbons (Fsp3) is 0.333. The van der Waals surface area contributed by atoms with Crippen LogP contribution in [0.4, 0.5) is 0 Å². The zero-order chi connectivity index (χ0) is 13.7. The lowest BCUT2D eigenvalue weighted by molar-refractivity contribution is 0.0942. The first kappa shape index (κ1) is 13.2. The zero-order valence-corrected chi connectivity index (χ0v) is 10.5. The van der Waals surface area contributed by atoms with Crippen molar-refractivity contribution in [2.45, 2.75) is 6.92 Å². The number of aromatic amines is 1. The van der Waals surface area contributed by atoms with Gasteiger partial charge in [-0.2, -0.15) is 5.21 Å².